The van der Waals surface area contributed by atoms with Crippen LogP contribution in [0, 0.1) is 17.7 Å². The number of nitrogens with zero attached hydrogens (tertiary/aromatic N) is 1. The molecular formula is C18H24FNO5. The van der Waals surface area contributed by atoms with Gasteiger partial charge in [-0.2, -0.15) is 0 Å². The fourth-order valence-electron chi connectivity index (χ4n) is 3.02. The van der Waals surface area contributed by atoms with E-state index in [1.807, 2.05) is 6.92 Å². The summed E-state index contributed by atoms with van der Waals surface area (Å²) in [6.07, 6.45) is 0.427. The molecular weight excluding hydrogens is 329 g/mol. The van der Waals surface area contributed by atoms with Crippen molar-refractivity contribution >= 4 is 11.9 Å². The number of benzene rings is 1. The minimum atomic E-state index is -0.822. The lowest BCUT2D eigenvalue weighted by atomic mass is 9.87. The Morgan fingerprint density at radius 1 is 1.36 bits per heavy atom. The molecule has 0 aromatic heterocycles. The van der Waals surface area contributed by atoms with E-state index in [2.05, 4.69) is 0 Å². The van der Waals surface area contributed by atoms with Crippen molar-refractivity contribution in [1.29, 1.82) is 0 Å². The summed E-state index contributed by atoms with van der Waals surface area (Å²) >= 11 is 0. The summed E-state index contributed by atoms with van der Waals surface area (Å²) in [6, 6.07) is 4.21. The topological polar surface area (TPSA) is 76.1 Å². The summed E-state index contributed by atoms with van der Waals surface area (Å²) in [7, 11) is 1.55. The fraction of sp³-hybridized carbons (Fsp3) is 0.556. The minimum Gasteiger partial charge on any atom is -0.481 e. The van der Waals surface area contributed by atoms with E-state index in [1.165, 1.54) is 18.2 Å². The number of amides is 1. The molecule has 138 valence electrons. The number of aliphatic carboxylic acids is 1. The Balaban J connectivity index is 2.03. The number of rotatable bonds is 7. The molecule has 1 saturated heterocycles. The Morgan fingerprint density at radius 2 is 2.12 bits per heavy atom. The highest BCUT2D eigenvalue weighted by Gasteiger charge is 2.33. The standard InChI is InChI=1S/C18H24FNO5/c1-12-10-20(6-5-15(12)18(22)23)17(21)13-3-4-16(19)14(9-13)11-25-8-7-24-2/h3-4,9,12,15H,5-8,10-11H2,1-2H3,(H,22,23). The molecule has 1 amide bonds. The molecule has 0 saturated carbocycles. The van der Waals surface area contributed by atoms with E-state index >= 15 is 0 Å². The Kier molecular flexibility index (Phi) is 6.90. The van der Waals surface area contributed by atoms with Crippen LogP contribution < -0.4 is 0 Å². The predicted octanol–water partition coefficient (Wildman–Crippen LogP) is 2.17. The Labute approximate surface area is 146 Å². The Bertz CT molecular complexity index is 621. The van der Waals surface area contributed by atoms with Crippen LogP contribution >= 0.6 is 0 Å². The first-order valence-corrected chi connectivity index (χ1v) is 8.31. The van der Waals surface area contributed by atoms with Crippen molar-refractivity contribution in [3.63, 3.8) is 0 Å². The van der Waals surface area contributed by atoms with Gasteiger partial charge in [0.25, 0.3) is 5.91 Å². The average Bonchev–Trinajstić information content (AvgIpc) is 2.59. The first-order valence-electron chi connectivity index (χ1n) is 8.31. The van der Waals surface area contributed by atoms with E-state index in [0.29, 0.717) is 43.9 Å². The Morgan fingerprint density at radius 3 is 2.76 bits per heavy atom. The maximum atomic E-state index is 13.9. The van der Waals surface area contributed by atoms with Crippen LogP contribution in [0.5, 0.6) is 0 Å². The summed E-state index contributed by atoms with van der Waals surface area (Å²) in [6.45, 7) is 3.42. The van der Waals surface area contributed by atoms with Gasteiger partial charge in [0, 0.05) is 31.3 Å². The van der Waals surface area contributed by atoms with Gasteiger partial charge in [-0.1, -0.05) is 6.92 Å². The number of hydrogen-bond donors (Lipinski definition) is 1. The number of halogens is 1. The third-order valence-corrected chi connectivity index (χ3v) is 4.49. The van der Waals surface area contributed by atoms with Crippen molar-refractivity contribution < 1.29 is 28.6 Å². The molecule has 1 fully saturated rings. The van der Waals surface area contributed by atoms with Crippen LogP contribution in [0.1, 0.15) is 29.3 Å². The van der Waals surface area contributed by atoms with Crippen LogP contribution in [0.25, 0.3) is 0 Å². The van der Waals surface area contributed by atoms with Crippen molar-refractivity contribution in [3.05, 3.63) is 35.1 Å². The Hall–Kier alpha value is -1.99. The molecule has 2 rings (SSSR count). The van der Waals surface area contributed by atoms with E-state index < -0.39 is 17.7 Å². The summed E-state index contributed by atoms with van der Waals surface area (Å²) in [4.78, 5) is 25.5. The second-order valence-corrected chi connectivity index (χ2v) is 6.31. The highest BCUT2D eigenvalue weighted by molar-refractivity contribution is 5.94. The molecule has 0 aliphatic carbocycles. The first-order chi connectivity index (χ1) is 11.9. The number of piperidine rings is 1. The van der Waals surface area contributed by atoms with Gasteiger partial charge in [0.2, 0.25) is 0 Å². The molecule has 1 aliphatic heterocycles. The van der Waals surface area contributed by atoms with Crippen LogP contribution in [0.15, 0.2) is 18.2 Å². The molecule has 2 atom stereocenters. The van der Waals surface area contributed by atoms with Crippen molar-refractivity contribution in [2.75, 3.05) is 33.4 Å². The normalized spacial score (nSPS) is 20.5. The quantitative estimate of drug-likeness (QED) is 0.761. The summed E-state index contributed by atoms with van der Waals surface area (Å²) in [5.41, 5.74) is 0.697. The molecule has 1 aromatic rings. The highest BCUT2D eigenvalue weighted by atomic mass is 19.1. The van der Waals surface area contributed by atoms with Gasteiger partial charge in [-0.25, -0.2) is 4.39 Å². The lowest BCUT2D eigenvalue weighted by Gasteiger charge is -2.35. The van der Waals surface area contributed by atoms with Crippen LogP contribution in [-0.4, -0.2) is 55.3 Å². The van der Waals surface area contributed by atoms with E-state index in [-0.39, 0.29) is 18.4 Å². The van der Waals surface area contributed by atoms with E-state index in [4.69, 9.17) is 9.47 Å². The molecule has 2 unspecified atom stereocenters. The number of carbonyl (C=O) groups excluding carboxylic acids is 1. The number of carbonyl (C=O) groups is 2. The number of carboxylic acids is 1. The first kappa shape index (κ1) is 19.3. The number of hydrogen-bond acceptors (Lipinski definition) is 4. The third kappa shape index (κ3) is 4.99. The van der Waals surface area contributed by atoms with Gasteiger partial charge in [0.15, 0.2) is 0 Å². The lowest BCUT2D eigenvalue weighted by Crippen LogP contribution is -2.45. The SMILES string of the molecule is COCCOCc1cc(C(=O)N2CCC(C(=O)O)C(C)C2)ccc1F. The smallest absolute Gasteiger partial charge is 0.306 e. The predicted molar refractivity (Wildman–Crippen MR) is 88.7 cm³/mol. The van der Waals surface area contributed by atoms with E-state index in [0.717, 1.165) is 0 Å². The van der Waals surface area contributed by atoms with Gasteiger partial charge in [0.1, 0.15) is 5.82 Å². The monoisotopic (exact) mass is 353 g/mol. The largest absolute Gasteiger partial charge is 0.481 e. The fourth-order valence-corrected chi connectivity index (χ4v) is 3.02. The zero-order valence-electron chi connectivity index (χ0n) is 14.5. The molecule has 0 radical (unpaired) electrons. The minimum absolute atomic E-state index is 0.0633. The van der Waals surface area contributed by atoms with Gasteiger partial charge in [-0.05, 0) is 30.5 Å². The number of carboxylic acid groups (broad SMARTS) is 1. The van der Waals surface area contributed by atoms with Gasteiger partial charge < -0.3 is 19.5 Å². The highest BCUT2D eigenvalue weighted by Crippen LogP contribution is 2.25. The lowest BCUT2D eigenvalue weighted by molar-refractivity contribution is -0.145. The van der Waals surface area contributed by atoms with Crippen molar-refractivity contribution in [1.82, 2.24) is 4.90 Å². The average molecular weight is 353 g/mol. The molecule has 7 heteroatoms. The van der Waals surface area contributed by atoms with E-state index in [9.17, 15) is 19.1 Å². The van der Waals surface area contributed by atoms with Gasteiger partial charge in [-0.15, -0.1) is 0 Å². The summed E-state index contributed by atoms with van der Waals surface area (Å²) in [5.74, 6) is -2.01. The summed E-state index contributed by atoms with van der Waals surface area (Å²) < 4.78 is 24.1. The number of methoxy groups -OCH3 is 1. The van der Waals surface area contributed by atoms with Crippen molar-refractivity contribution in [2.24, 2.45) is 11.8 Å². The number of likely N-dealkylation sites (tertiary alicyclic amines) is 1. The van der Waals surface area contributed by atoms with Crippen LogP contribution in [0.3, 0.4) is 0 Å². The zero-order valence-corrected chi connectivity index (χ0v) is 14.5. The van der Waals surface area contributed by atoms with Gasteiger partial charge in [-0.3, -0.25) is 9.59 Å². The molecule has 0 spiro atoms. The van der Waals surface area contributed by atoms with Gasteiger partial charge in [0.05, 0.1) is 25.7 Å². The maximum Gasteiger partial charge on any atom is 0.306 e. The third-order valence-electron chi connectivity index (χ3n) is 4.49. The maximum absolute atomic E-state index is 13.9. The van der Waals surface area contributed by atoms with Crippen molar-refractivity contribution in [2.45, 2.75) is 20.0 Å². The summed E-state index contributed by atoms with van der Waals surface area (Å²) in [5, 5.41) is 9.17. The molecule has 6 nitrogen and oxygen atoms in total. The molecule has 1 aromatic carbocycles. The second-order valence-electron chi connectivity index (χ2n) is 6.31. The van der Waals surface area contributed by atoms with E-state index in [1.54, 1.807) is 12.0 Å². The molecule has 1 heterocycles. The molecule has 0 bridgehead atoms. The molecule has 1 aliphatic rings. The van der Waals surface area contributed by atoms with Gasteiger partial charge >= 0.3 is 5.97 Å². The second kappa shape index (κ2) is 8.92. The molecule has 1 N–H and O–H groups in total. The number of ether oxygens (including phenoxy) is 2. The molecule has 25 heavy (non-hydrogen) atoms. The van der Waals surface area contributed by atoms with Crippen LogP contribution in [-0.2, 0) is 20.9 Å². The zero-order chi connectivity index (χ0) is 18.4. The van der Waals surface area contributed by atoms with Crippen LogP contribution in [0.4, 0.5) is 4.39 Å². The van der Waals surface area contributed by atoms with Crippen molar-refractivity contribution in [3.8, 4) is 0 Å². The van der Waals surface area contributed by atoms with Crippen LogP contribution in [0.2, 0.25) is 0 Å².